The molecule has 0 amide bonds. The summed E-state index contributed by atoms with van der Waals surface area (Å²) in [6, 6.07) is 9.64. The van der Waals surface area contributed by atoms with E-state index in [2.05, 4.69) is 4.98 Å². The number of fused-ring (bicyclic) bond motifs is 1. The molecule has 1 aromatic carbocycles. The molecular weight excluding hydrogens is 224 g/mol. The lowest BCUT2D eigenvalue weighted by atomic mass is 9.64. The van der Waals surface area contributed by atoms with Crippen molar-refractivity contribution in [1.82, 2.24) is 4.98 Å². The second-order valence-corrected chi connectivity index (χ2v) is 5.05. The number of hydrogen-bond acceptors (Lipinski definition) is 3. The van der Waals surface area contributed by atoms with E-state index >= 15 is 0 Å². The first kappa shape index (κ1) is 11.4. The molecule has 0 atom stereocenters. The van der Waals surface area contributed by atoms with Gasteiger partial charge in [-0.25, -0.2) is 0 Å². The van der Waals surface area contributed by atoms with Crippen LogP contribution in [0.25, 0.3) is 10.9 Å². The van der Waals surface area contributed by atoms with Crippen molar-refractivity contribution in [2.75, 3.05) is 6.54 Å². The average Bonchev–Trinajstić information content (AvgIpc) is 2.37. The molecule has 0 saturated heterocycles. The van der Waals surface area contributed by atoms with Crippen LogP contribution in [0.5, 0.6) is 0 Å². The molecule has 2 N–H and O–H groups in total. The number of aromatic nitrogens is 1. The maximum absolute atomic E-state index is 12.7. The first-order valence-electron chi connectivity index (χ1n) is 6.35. The zero-order chi connectivity index (χ0) is 12.6. The molecule has 1 aliphatic carbocycles. The molecule has 0 bridgehead atoms. The molecule has 1 saturated carbocycles. The highest BCUT2D eigenvalue weighted by Crippen LogP contribution is 2.43. The number of carbonyl (C=O) groups excluding carboxylic acids is 1. The van der Waals surface area contributed by atoms with Gasteiger partial charge >= 0.3 is 0 Å². The van der Waals surface area contributed by atoms with E-state index in [0.717, 1.165) is 35.7 Å². The van der Waals surface area contributed by atoms with Gasteiger partial charge in [-0.15, -0.1) is 0 Å². The van der Waals surface area contributed by atoms with Gasteiger partial charge < -0.3 is 5.73 Å². The minimum Gasteiger partial charge on any atom is -0.329 e. The highest BCUT2D eigenvalue weighted by molar-refractivity contribution is 6.09. The fourth-order valence-electron chi connectivity index (χ4n) is 2.70. The third-order valence-corrected chi connectivity index (χ3v) is 4.06. The molecule has 18 heavy (non-hydrogen) atoms. The maximum atomic E-state index is 12.7. The predicted octanol–water partition coefficient (Wildman–Crippen LogP) is 2.55. The van der Waals surface area contributed by atoms with E-state index in [4.69, 9.17) is 5.73 Å². The van der Waals surface area contributed by atoms with Crippen LogP contribution < -0.4 is 5.73 Å². The van der Waals surface area contributed by atoms with Crippen molar-refractivity contribution in [2.45, 2.75) is 19.3 Å². The van der Waals surface area contributed by atoms with Gasteiger partial charge in [0.2, 0.25) is 0 Å². The van der Waals surface area contributed by atoms with Gasteiger partial charge in [0.1, 0.15) is 0 Å². The molecule has 1 heterocycles. The summed E-state index contributed by atoms with van der Waals surface area (Å²) in [6.07, 6.45) is 4.65. The van der Waals surface area contributed by atoms with Gasteiger partial charge in [-0.2, -0.15) is 0 Å². The molecule has 1 aromatic heterocycles. The van der Waals surface area contributed by atoms with Gasteiger partial charge in [-0.05, 0) is 25.0 Å². The Morgan fingerprint density at radius 2 is 2.06 bits per heavy atom. The van der Waals surface area contributed by atoms with Crippen LogP contribution in [0, 0.1) is 5.41 Å². The van der Waals surface area contributed by atoms with Crippen LogP contribution >= 0.6 is 0 Å². The summed E-state index contributed by atoms with van der Waals surface area (Å²) in [5.41, 5.74) is 7.00. The number of nitrogens with two attached hydrogens (primary N) is 1. The fraction of sp³-hybridized carbons (Fsp3) is 0.333. The highest BCUT2D eigenvalue weighted by atomic mass is 16.1. The fourth-order valence-corrected chi connectivity index (χ4v) is 2.70. The molecule has 0 unspecified atom stereocenters. The zero-order valence-electron chi connectivity index (χ0n) is 10.2. The van der Waals surface area contributed by atoms with Crippen molar-refractivity contribution < 1.29 is 4.79 Å². The molecule has 3 heteroatoms. The van der Waals surface area contributed by atoms with E-state index in [1.807, 2.05) is 30.3 Å². The molecule has 0 radical (unpaired) electrons. The predicted molar refractivity (Wildman–Crippen MR) is 71.4 cm³/mol. The summed E-state index contributed by atoms with van der Waals surface area (Å²) < 4.78 is 0. The first-order chi connectivity index (χ1) is 8.77. The van der Waals surface area contributed by atoms with E-state index in [9.17, 15) is 4.79 Å². The Bertz CT molecular complexity index is 591. The van der Waals surface area contributed by atoms with Crippen molar-refractivity contribution in [3.05, 3.63) is 42.1 Å². The van der Waals surface area contributed by atoms with E-state index < -0.39 is 0 Å². The van der Waals surface area contributed by atoms with Crippen molar-refractivity contribution in [3.63, 3.8) is 0 Å². The topological polar surface area (TPSA) is 56.0 Å². The quantitative estimate of drug-likeness (QED) is 0.839. The smallest absolute Gasteiger partial charge is 0.172 e. The standard InChI is InChI=1S/C15H16N2O/c16-10-15(7-3-8-15)14(18)12-6-1-4-11-5-2-9-17-13(11)12/h1-2,4-6,9H,3,7-8,10,16H2. The lowest BCUT2D eigenvalue weighted by molar-refractivity contribution is 0.0638. The summed E-state index contributed by atoms with van der Waals surface area (Å²) >= 11 is 0. The van der Waals surface area contributed by atoms with E-state index in [1.54, 1.807) is 6.20 Å². The summed E-state index contributed by atoms with van der Waals surface area (Å²) in [4.78, 5) is 17.0. The lowest BCUT2D eigenvalue weighted by Gasteiger charge is -2.39. The normalized spacial score (nSPS) is 17.4. The van der Waals surface area contributed by atoms with Crippen LogP contribution in [0.2, 0.25) is 0 Å². The molecule has 1 fully saturated rings. The molecule has 92 valence electrons. The molecule has 0 spiro atoms. The number of pyridine rings is 1. The van der Waals surface area contributed by atoms with Crippen LogP contribution in [0.4, 0.5) is 0 Å². The molecule has 0 aliphatic heterocycles. The minimum atomic E-state index is -0.328. The molecule has 3 rings (SSSR count). The van der Waals surface area contributed by atoms with Crippen LogP contribution in [-0.4, -0.2) is 17.3 Å². The second-order valence-electron chi connectivity index (χ2n) is 5.05. The van der Waals surface area contributed by atoms with Gasteiger partial charge in [0.15, 0.2) is 5.78 Å². The summed E-state index contributed by atoms with van der Waals surface area (Å²) in [6.45, 7) is 0.440. The van der Waals surface area contributed by atoms with Crippen molar-refractivity contribution in [2.24, 2.45) is 11.1 Å². The Balaban J connectivity index is 2.12. The van der Waals surface area contributed by atoms with E-state index in [1.165, 1.54) is 0 Å². The number of hydrogen-bond donors (Lipinski definition) is 1. The summed E-state index contributed by atoms with van der Waals surface area (Å²) in [7, 11) is 0. The number of benzene rings is 1. The Morgan fingerprint density at radius 3 is 2.72 bits per heavy atom. The van der Waals surface area contributed by atoms with E-state index in [-0.39, 0.29) is 11.2 Å². The van der Waals surface area contributed by atoms with Crippen LogP contribution in [0.1, 0.15) is 29.6 Å². The van der Waals surface area contributed by atoms with Crippen LogP contribution in [0.15, 0.2) is 36.5 Å². The third-order valence-electron chi connectivity index (χ3n) is 4.06. The van der Waals surface area contributed by atoms with Crippen molar-refractivity contribution >= 4 is 16.7 Å². The average molecular weight is 240 g/mol. The Morgan fingerprint density at radius 1 is 1.28 bits per heavy atom. The maximum Gasteiger partial charge on any atom is 0.172 e. The highest BCUT2D eigenvalue weighted by Gasteiger charge is 2.43. The first-order valence-corrected chi connectivity index (χ1v) is 6.35. The van der Waals surface area contributed by atoms with Crippen LogP contribution in [0.3, 0.4) is 0 Å². The van der Waals surface area contributed by atoms with Gasteiger partial charge in [0, 0.05) is 29.1 Å². The van der Waals surface area contributed by atoms with E-state index in [0.29, 0.717) is 6.54 Å². The summed E-state index contributed by atoms with van der Waals surface area (Å²) in [5.74, 6) is 0.167. The third kappa shape index (κ3) is 1.55. The molecule has 3 nitrogen and oxygen atoms in total. The lowest BCUT2D eigenvalue weighted by Crippen LogP contribution is -2.44. The Kier molecular flexibility index (Phi) is 2.63. The largest absolute Gasteiger partial charge is 0.329 e. The van der Waals surface area contributed by atoms with Crippen molar-refractivity contribution in [3.8, 4) is 0 Å². The van der Waals surface area contributed by atoms with Gasteiger partial charge in [0.05, 0.1) is 5.52 Å². The van der Waals surface area contributed by atoms with Gasteiger partial charge in [-0.3, -0.25) is 9.78 Å². The Hall–Kier alpha value is -1.74. The van der Waals surface area contributed by atoms with Gasteiger partial charge in [0.25, 0.3) is 0 Å². The molecular formula is C15H16N2O. The number of ketones is 1. The number of para-hydroxylation sites is 1. The molecule has 1 aliphatic rings. The number of carbonyl (C=O) groups is 1. The molecule has 2 aromatic rings. The number of nitrogens with zero attached hydrogens (tertiary/aromatic N) is 1. The monoisotopic (exact) mass is 240 g/mol. The Labute approximate surface area is 106 Å². The minimum absolute atomic E-state index is 0.167. The SMILES string of the molecule is NCC1(C(=O)c2cccc3cccnc23)CCC1. The zero-order valence-corrected chi connectivity index (χ0v) is 10.2. The number of rotatable bonds is 3. The van der Waals surface area contributed by atoms with Crippen molar-refractivity contribution in [1.29, 1.82) is 0 Å². The number of Topliss-reactive ketones (excluding diaryl/α,β-unsaturated/α-hetero) is 1. The second kappa shape index (κ2) is 4.18. The van der Waals surface area contributed by atoms with Crippen LogP contribution in [-0.2, 0) is 0 Å². The summed E-state index contributed by atoms with van der Waals surface area (Å²) in [5, 5.41) is 1.01. The van der Waals surface area contributed by atoms with Gasteiger partial charge in [-0.1, -0.05) is 24.6 Å².